The van der Waals surface area contributed by atoms with Crippen molar-refractivity contribution in [2.45, 2.75) is 78.9 Å². The van der Waals surface area contributed by atoms with Gasteiger partial charge in [0.05, 0.1) is 22.1 Å². The quantitative estimate of drug-likeness (QED) is 0.555. The molecule has 2 amide bonds. The van der Waals surface area contributed by atoms with Gasteiger partial charge in [-0.2, -0.15) is 0 Å². The summed E-state index contributed by atoms with van der Waals surface area (Å²) in [4.78, 5) is 34.0. The predicted molar refractivity (Wildman–Crippen MR) is 140 cm³/mol. The summed E-state index contributed by atoms with van der Waals surface area (Å²) in [5.74, 6) is -0.134. The monoisotopic (exact) mass is 482 g/mol. The lowest BCUT2D eigenvalue weighted by Crippen LogP contribution is -2.55. The summed E-state index contributed by atoms with van der Waals surface area (Å²) >= 11 is 1.64. The number of amides is 2. The molecule has 1 saturated heterocycles. The lowest BCUT2D eigenvalue weighted by Gasteiger charge is -2.35. The number of aryl methyl sites for hydroxylation is 2. The Morgan fingerprint density at radius 3 is 2.68 bits per heavy atom. The lowest BCUT2D eigenvalue weighted by molar-refractivity contribution is -0.142. The van der Waals surface area contributed by atoms with E-state index in [2.05, 4.69) is 47.3 Å². The van der Waals surface area contributed by atoms with Gasteiger partial charge in [0.15, 0.2) is 0 Å². The summed E-state index contributed by atoms with van der Waals surface area (Å²) in [7, 11) is 0. The van der Waals surface area contributed by atoms with Crippen molar-refractivity contribution in [2.24, 2.45) is 5.41 Å². The third-order valence-electron chi connectivity index (χ3n) is 6.59. The molecule has 1 fully saturated rings. The van der Waals surface area contributed by atoms with Gasteiger partial charge in [-0.3, -0.25) is 9.59 Å². The van der Waals surface area contributed by atoms with Crippen molar-refractivity contribution in [1.29, 1.82) is 0 Å². The SMILES string of the molecule is C=CNC(C(=O)N1CCCC1C(=O)NC(C)c1ccc(-c2scnc2C)cc1CC)C(C)(C)C. The Morgan fingerprint density at radius 1 is 1.35 bits per heavy atom. The molecule has 1 aliphatic heterocycles. The van der Waals surface area contributed by atoms with E-state index in [0.717, 1.165) is 29.7 Å². The number of nitrogens with one attached hydrogen (secondary N) is 2. The number of rotatable bonds is 8. The summed E-state index contributed by atoms with van der Waals surface area (Å²) < 4.78 is 0. The zero-order valence-electron chi connectivity index (χ0n) is 21.3. The molecule has 0 saturated carbocycles. The highest BCUT2D eigenvalue weighted by atomic mass is 32.1. The largest absolute Gasteiger partial charge is 0.380 e. The predicted octanol–water partition coefficient (Wildman–Crippen LogP) is 5.00. The molecule has 2 heterocycles. The van der Waals surface area contributed by atoms with E-state index in [0.29, 0.717) is 13.0 Å². The topological polar surface area (TPSA) is 74.3 Å². The van der Waals surface area contributed by atoms with Gasteiger partial charge in [0.25, 0.3) is 0 Å². The summed E-state index contributed by atoms with van der Waals surface area (Å²) in [6.45, 7) is 16.6. The molecule has 6 nitrogen and oxygen atoms in total. The Kier molecular flexibility index (Phi) is 8.18. The van der Waals surface area contributed by atoms with Crippen molar-refractivity contribution < 1.29 is 9.59 Å². The molecule has 2 N–H and O–H groups in total. The van der Waals surface area contributed by atoms with Crippen molar-refractivity contribution in [1.82, 2.24) is 20.5 Å². The van der Waals surface area contributed by atoms with Gasteiger partial charge in [0.2, 0.25) is 11.8 Å². The highest BCUT2D eigenvalue weighted by Crippen LogP contribution is 2.31. The van der Waals surface area contributed by atoms with Crippen LogP contribution in [0.1, 0.15) is 70.3 Å². The number of carbonyl (C=O) groups is 2. The first-order valence-electron chi connectivity index (χ1n) is 12.1. The Hall–Kier alpha value is -2.67. The van der Waals surface area contributed by atoms with Crippen molar-refractivity contribution in [3.63, 3.8) is 0 Å². The Bertz CT molecular complexity index is 1040. The number of likely N-dealkylation sites (tertiary alicyclic amines) is 1. The van der Waals surface area contributed by atoms with Crippen molar-refractivity contribution >= 4 is 23.2 Å². The van der Waals surface area contributed by atoms with Crippen LogP contribution >= 0.6 is 11.3 Å². The maximum atomic E-state index is 13.4. The number of hydrogen-bond acceptors (Lipinski definition) is 5. The molecule has 0 spiro atoms. The average molecular weight is 483 g/mol. The van der Waals surface area contributed by atoms with Crippen LogP contribution in [0.25, 0.3) is 10.4 Å². The van der Waals surface area contributed by atoms with Crippen molar-refractivity contribution in [3.05, 3.63) is 53.3 Å². The molecular formula is C27H38N4O2S. The number of thiazole rings is 1. The minimum atomic E-state index is -0.449. The smallest absolute Gasteiger partial charge is 0.246 e. The van der Waals surface area contributed by atoms with Gasteiger partial charge in [-0.15, -0.1) is 11.3 Å². The molecule has 0 aliphatic carbocycles. The number of benzene rings is 1. The highest BCUT2D eigenvalue weighted by molar-refractivity contribution is 7.13. The fourth-order valence-corrected chi connectivity index (χ4v) is 5.52. The summed E-state index contributed by atoms with van der Waals surface area (Å²) in [6.07, 6.45) is 3.94. The standard InChI is InChI=1S/C27H38N4O2S/c1-8-19-15-20(23-18(4)29-16-34-23)12-13-21(19)17(3)30-25(32)22-11-10-14-31(22)26(33)24(28-9-2)27(5,6)7/h9,12-13,15-17,22,24,28H,2,8,10-11,14H2,1,3-7H3,(H,30,32). The summed E-state index contributed by atoms with van der Waals surface area (Å²) in [6, 6.07) is 5.40. The van der Waals surface area contributed by atoms with E-state index in [1.807, 2.05) is 40.1 Å². The van der Waals surface area contributed by atoms with Crippen LogP contribution in [-0.2, 0) is 16.0 Å². The van der Waals surface area contributed by atoms with E-state index in [4.69, 9.17) is 0 Å². The van der Waals surface area contributed by atoms with Gasteiger partial charge in [0.1, 0.15) is 12.1 Å². The normalized spacial score (nSPS) is 17.8. The molecule has 3 unspecified atom stereocenters. The van der Waals surface area contributed by atoms with Gasteiger partial charge in [-0.25, -0.2) is 4.98 Å². The van der Waals surface area contributed by atoms with Crippen LogP contribution in [0, 0.1) is 12.3 Å². The Morgan fingerprint density at radius 2 is 2.09 bits per heavy atom. The summed E-state index contributed by atoms with van der Waals surface area (Å²) in [5, 5.41) is 6.29. The molecule has 7 heteroatoms. The molecule has 34 heavy (non-hydrogen) atoms. The van der Waals surface area contributed by atoms with Crippen LogP contribution in [0.3, 0.4) is 0 Å². The molecule has 0 radical (unpaired) electrons. The van der Waals surface area contributed by atoms with Crippen LogP contribution in [0.5, 0.6) is 0 Å². The fourth-order valence-electron chi connectivity index (χ4n) is 4.72. The average Bonchev–Trinajstić information content (AvgIpc) is 3.45. The van der Waals surface area contributed by atoms with Crippen molar-refractivity contribution in [2.75, 3.05) is 6.54 Å². The first kappa shape index (κ1) is 25.9. The van der Waals surface area contributed by atoms with Crippen molar-refractivity contribution in [3.8, 4) is 10.4 Å². The van der Waals surface area contributed by atoms with Gasteiger partial charge in [-0.05, 0) is 67.5 Å². The number of aromatic nitrogens is 1. The van der Waals surface area contributed by atoms with Gasteiger partial charge in [-0.1, -0.05) is 46.4 Å². The molecule has 3 atom stereocenters. The Labute approximate surface area is 207 Å². The minimum Gasteiger partial charge on any atom is -0.380 e. The van der Waals surface area contributed by atoms with Gasteiger partial charge in [0, 0.05) is 6.54 Å². The maximum absolute atomic E-state index is 13.4. The molecule has 1 aromatic heterocycles. The number of carbonyl (C=O) groups excluding carboxylic acids is 2. The van der Waals surface area contributed by atoms with E-state index in [1.54, 1.807) is 22.4 Å². The van der Waals surface area contributed by atoms with E-state index in [1.165, 1.54) is 10.4 Å². The minimum absolute atomic E-state index is 0.0452. The zero-order chi connectivity index (χ0) is 25.0. The number of nitrogens with zero attached hydrogens (tertiary/aromatic N) is 2. The number of hydrogen-bond donors (Lipinski definition) is 2. The zero-order valence-corrected chi connectivity index (χ0v) is 22.1. The van der Waals surface area contributed by atoms with Gasteiger partial charge >= 0.3 is 0 Å². The fraction of sp³-hybridized carbons (Fsp3) is 0.519. The van der Waals surface area contributed by atoms with E-state index >= 15 is 0 Å². The first-order valence-corrected chi connectivity index (χ1v) is 13.0. The second-order valence-corrected chi connectivity index (χ2v) is 11.0. The molecule has 2 aromatic rings. The Balaban J connectivity index is 1.76. The lowest BCUT2D eigenvalue weighted by atomic mass is 9.85. The first-order chi connectivity index (χ1) is 16.1. The van der Waals surface area contributed by atoms with Crippen LogP contribution in [-0.4, -0.2) is 40.3 Å². The molecule has 1 aliphatic rings. The highest BCUT2D eigenvalue weighted by Gasteiger charge is 2.41. The van der Waals surface area contributed by atoms with E-state index in [9.17, 15) is 9.59 Å². The van der Waals surface area contributed by atoms with Crippen LogP contribution < -0.4 is 10.6 Å². The molecule has 0 bridgehead atoms. The molecule has 1 aromatic carbocycles. The summed E-state index contributed by atoms with van der Waals surface area (Å²) in [5.41, 5.74) is 6.09. The van der Waals surface area contributed by atoms with Crippen LogP contribution in [0.4, 0.5) is 0 Å². The third kappa shape index (κ3) is 5.52. The van der Waals surface area contributed by atoms with E-state index < -0.39 is 12.1 Å². The molecule has 3 rings (SSSR count). The second kappa shape index (κ2) is 10.7. The molecule has 184 valence electrons. The van der Waals surface area contributed by atoms with E-state index in [-0.39, 0.29) is 23.3 Å². The maximum Gasteiger partial charge on any atom is 0.246 e. The van der Waals surface area contributed by atoms with Crippen LogP contribution in [0.2, 0.25) is 0 Å². The van der Waals surface area contributed by atoms with Gasteiger partial charge < -0.3 is 15.5 Å². The molecular weight excluding hydrogens is 444 g/mol. The third-order valence-corrected chi connectivity index (χ3v) is 7.57. The van der Waals surface area contributed by atoms with Crippen LogP contribution in [0.15, 0.2) is 36.5 Å². The second-order valence-electron chi connectivity index (χ2n) is 10.1.